The average Bonchev–Trinajstić information content (AvgIpc) is 3.32. The van der Waals surface area contributed by atoms with E-state index in [1.807, 2.05) is 36.9 Å². The van der Waals surface area contributed by atoms with Gasteiger partial charge in [0.25, 0.3) is 5.91 Å². The standard InChI is InChI=1S/C26H26Cl2N2O2S/c1-3-17(2)30(26(32)19-9-10-21(27)22(28)15-19)16-24(31)29-13-11-23-20(12-14-33-23)25(29)18-7-5-4-6-8-18/h4-10,12,14-15,17,25H,3,11,13,16H2,1-2H3. The molecule has 0 saturated carbocycles. The number of carbonyl (C=O) groups is 2. The summed E-state index contributed by atoms with van der Waals surface area (Å²) in [4.78, 5) is 32.0. The maximum Gasteiger partial charge on any atom is 0.254 e. The van der Waals surface area contributed by atoms with Crippen molar-refractivity contribution in [1.29, 1.82) is 0 Å². The lowest BCUT2D eigenvalue weighted by atomic mass is 9.93. The third kappa shape index (κ3) is 4.96. The van der Waals surface area contributed by atoms with E-state index in [0.717, 1.165) is 18.4 Å². The number of nitrogens with zero attached hydrogens (tertiary/aromatic N) is 2. The van der Waals surface area contributed by atoms with Crippen LogP contribution < -0.4 is 0 Å². The lowest BCUT2D eigenvalue weighted by molar-refractivity contribution is -0.134. The molecule has 4 nitrogen and oxygen atoms in total. The lowest BCUT2D eigenvalue weighted by Crippen LogP contribution is -2.49. The fourth-order valence-corrected chi connectivity index (χ4v) is 5.46. The monoisotopic (exact) mass is 500 g/mol. The third-order valence-electron chi connectivity index (χ3n) is 6.26. The van der Waals surface area contributed by atoms with Gasteiger partial charge >= 0.3 is 0 Å². The third-order valence-corrected chi connectivity index (χ3v) is 7.99. The van der Waals surface area contributed by atoms with E-state index >= 15 is 0 Å². The van der Waals surface area contributed by atoms with Crippen LogP contribution in [0.15, 0.2) is 60.0 Å². The van der Waals surface area contributed by atoms with Gasteiger partial charge in [-0.05, 0) is 60.5 Å². The first-order valence-corrected chi connectivity index (χ1v) is 12.7. The Labute approximate surface area is 208 Å². The molecule has 2 amide bonds. The van der Waals surface area contributed by atoms with Crippen LogP contribution in [0.2, 0.25) is 10.0 Å². The second kappa shape index (κ2) is 10.3. The Balaban J connectivity index is 1.63. The Morgan fingerprint density at radius 2 is 1.88 bits per heavy atom. The molecule has 0 fully saturated rings. The number of carbonyl (C=O) groups excluding carboxylic acids is 2. The van der Waals surface area contributed by atoms with Gasteiger partial charge in [-0.1, -0.05) is 60.5 Å². The second-order valence-electron chi connectivity index (χ2n) is 8.27. The van der Waals surface area contributed by atoms with Crippen molar-refractivity contribution in [3.05, 3.63) is 91.6 Å². The SMILES string of the molecule is CCC(C)N(CC(=O)N1CCc2sccc2C1c1ccccc1)C(=O)c1ccc(Cl)c(Cl)c1. The lowest BCUT2D eigenvalue weighted by Gasteiger charge is -2.38. The van der Waals surface area contributed by atoms with Crippen LogP contribution in [0, 0.1) is 0 Å². The minimum absolute atomic E-state index is 0.0108. The summed E-state index contributed by atoms with van der Waals surface area (Å²) in [6.45, 7) is 4.61. The minimum Gasteiger partial charge on any atom is -0.330 e. The van der Waals surface area contributed by atoms with Gasteiger partial charge in [-0.25, -0.2) is 0 Å². The van der Waals surface area contributed by atoms with E-state index in [9.17, 15) is 9.59 Å². The molecular formula is C26H26Cl2N2O2S. The fraction of sp³-hybridized carbons (Fsp3) is 0.308. The molecular weight excluding hydrogens is 475 g/mol. The summed E-state index contributed by atoms with van der Waals surface area (Å²) < 4.78 is 0. The Morgan fingerprint density at radius 3 is 2.58 bits per heavy atom. The average molecular weight is 501 g/mol. The van der Waals surface area contributed by atoms with Gasteiger partial charge in [0.2, 0.25) is 5.91 Å². The quantitative estimate of drug-likeness (QED) is 0.389. The summed E-state index contributed by atoms with van der Waals surface area (Å²) in [5.74, 6) is -0.282. The molecule has 0 bridgehead atoms. The summed E-state index contributed by atoms with van der Waals surface area (Å²) in [6.07, 6.45) is 1.56. The van der Waals surface area contributed by atoms with E-state index < -0.39 is 0 Å². The molecule has 0 N–H and O–H groups in total. The zero-order valence-electron chi connectivity index (χ0n) is 18.6. The van der Waals surface area contributed by atoms with E-state index in [1.165, 1.54) is 10.4 Å². The number of fused-ring (bicyclic) bond motifs is 1. The van der Waals surface area contributed by atoms with Gasteiger partial charge in [0.05, 0.1) is 16.1 Å². The fourth-order valence-electron chi connectivity index (χ4n) is 4.26. The minimum atomic E-state index is -0.222. The van der Waals surface area contributed by atoms with Gasteiger partial charge in [-0.3, -0.25) is 9.59 Å². The molecule has 0 radical (unpaired) electrons. The summed E-state index contributed by atoms with van der Waals surface area (Å²) in [6, 6.07) is 16.8. The summed E-state index contributed by atoms with van der Waals surface area (Å²) in [5, 5.41) is 2.81. The smallest absolute Gasteiger partial charge is 0.254 e. The molecule has 2 aromatic carbocycles. The predicted octanol–water partition coefficient (Wildman–Crippen LogP) is 6.47. The van der Waals surface area contributed by atoms with Gasteiger partial charge in [0.1, 0.15) is 6.54 Å². The van der Waals surface area contributed by atoms with Crippen LogP contribution in [0.4, 0.5) is 0 Å². The highest BCUT2D eigenvalue weighted by Gasteiger charge is 2.34. The van der Waals surface area contributed by atoms with Crippen molar-refractivity contribution in [3.8, 4) is 0 Å². The number of hydrogen-bond donors (Lipinski definition) is 0. The molecule has 0 spiro atoms. The van der Waals surface area contributed by atoms with Gasteiger partial charge in [0, 0.05) is 23.0 Å². The van der Waals surface area contributed by atoms with Crippen LogP contribution in [0.1, 0.15) is 52.7 Å². The van der Waals surface area contributed by atoms with Crippen molar-refractivity contribution >= 4 is 46.4 Å². The van der Waals surface area contributed by atoms with Crippen LogP contribution in [-0.2, 0) is 11.2 Å². The number of benzene rings is 2. The number of rotatable bonds is 6. The van der Waals surface area contributed by atoms with Crippen LogP contribution in [-0.4, -0.2) is 40.7 Å². The summed E-state index contributed by atoms with van der Waals surface area (Å²) in [5.41, 5.74) is 2.68. The van der Waals surface area contributed by atoms with E-state index in [2.05, 4.69) is 23.6 Å². The molecule has 4 rings (SSSR count). The molecule has 33 heavy (non-hydrogen) atoms. The molecule has 2 heterocycles. The first-order chi connectivity index (χ1) is 15.9. The second-order valence-corrected chi connectivity index (χ2v) is 10.1. The molecule has 1 aliphatic heterocycles. The molecule has 1 aliphatic rings. The molecule has 3 aromatic rings. The summed E-state index contributed by atoms with van der Waals surface area (Å²) in [7, 11) is 0. The van der Waals surface area contributed by atoms with Gasteiger partial charge < -0.3 is 9.80 Å². The normalized spacial score (nSPS) is 16.2. The molecule has 2 unspecified atom stereocenters. The van der Waals surface area contributed by atoms with Crippen LogP contribution in [0.3, 0.4) is 0 Å². The van der Waals surface area contributed by atoms with Crippen molar-refractivity contribution in [3.63, 3.8) is 0 Å². The maximum absolute atomic E-state index is 13.7. The highest BCUT2D eigenvalue weighted by molar-refractivity contribution is 7.10. The van der Waals surface area contributed by atoms with Crippen molar-refractivity contribution in [1.82, 2.24) is 9.80 Å². The largest absolute Gasteiger partial charge is 0.330 e. The van der Waals surface area contributed by atoms with E-state index in [4.69, 9.17) is 23.2 Å². The Bertz CT molecular complexity index is 1150. The maximum atomic E-state index is 13.7. The number of thiophene rings is 1. The Morgan fingerprint density at radius 1 is 1.12 bits per heavy atom. The van der Waals surface area contributed by atoms with Crippen LogP contribution in [0.5, 0.6) is 0 Å². The van der Waals surface area contributed by atoms with Gasteiger partial charge in [0.15, 0.2) is 0 Å². The molecule has 1 aromatic heterocycles. The zero-order chi connectivity index (χ0) is 23.5. The Kier molecular flexibility index (Phi) is 7.42. The van der Waals surface area contributed by atoms with E-state index in [0.29, 0.717) is 22.2 Å². The van der Waals surface area contributed by atoms with Crippen LogP contribution in [0.25, 0.3) is 0 Å². The summed E-state index contributed by atoms with van der Waals surface area (Å²) >= 11 is 13.9. The first kappa shape index (κ1) is 23.8. The van der Waals surface area contributed by atoms with Crippen molar-refractivity contribution in [2.75, 3.05) is 13.1 Å². The van der Waals surface area contributed by atoms with E-state index in [-0.39, 0.29) is 30.4 Å². The molecule has 0 saturated heterocycles. The van der Waals surface area contributed by atoms with E-state index in [1.54, 1.807) is 34.4 Å². The highest BCUT2D eigenvalue weighted by Crippen LogP contribution is 2.38. The van der Waals surface area contributed by atoms with Gasteiger partial charge in [-0.2, -0.15) is 0 Å². The predicted molar refractivity (Wildman–Crippen MR) is 135 cm³/mol. The topological polar surface area (TPSA) is 40.6 Å². The number of halogens is 2. The molecule has 0 aliphatic carbocycles. The Hall–Kier alpha value is -2.34. The van der Waals surface area contributed by atoms with Crippen molar-refractivity contribution in [2.45, 2.75) is 38.8 Å². The van der Waals surface area contributed by atoms with Gasteiger partial charge in [-0.15, -0.1) is 11.3 Å². The molecule has 172 valence electrons. The molecule has 2 atom stereocenters. The first-order valence-electron chi connectivity index (χ1n) is 11.1. The zero-order valence-corrected chi connectivity index (χ0v) is 21.0. The molecule has 7 heteroatoms. The van der Waals surface area contributed by atoms with Crippen molar-refractivity contribution < 1.29 is 9.59 Å². The van der Waals surface area contributed by atoms with Crippen molar-refractivity contribution in [2.24, 2.45) is 0 Å². The van der Waals surface area contributed by atoms with Crippen LogP contribution >= 0.6 is 34.5 Å². The number of hydrogen-bond acceptors (Lipinski definition) is 3. The highest BCUT2D eigenvalue weighted by atomic mass is 35.5. The number of amides is 2.